The third-order valence-corrected chi connectivity index (χ3v) is 7.12. The number of rotatable bonds is 10. The molecule has 0 spiro atoms. The number of aliphatic hydroxyl groups excluding tert-OH is 1. The number of ether oxygens (including phenoxy) is 1. The normalized spacial score (nSPS) is 15.5. The van der Waals surface area contributed by atoms with Crippen molar-refractivity contribution in [2.45, 2.75) is 44.8 Å². The summed E-state index contributed by atoms with van der Waals surface area (Å²) < 4.78 is 5.58. The number of aromatic carboxylic acids is 1. The fraction of sp³-hybridized carbons (Fsp3) is 0.458. The van der Waals surface area contributed by atoms with E-state index in [0.717, 1.165) is 66.9 Å². The molecule has 0 aliphatic carbocycles. The Labute approximate surface area is 202 Å². The molecule has 1 saturated heterocycles. The lowest BCUT2D eigenvalue weighted by molar-refractivity contribution is 0.0703. The molecule has 0 amide bonds. The van der Waals surface area contributed by atoms with Gasteiger partial charge >= 0.3 is 5.97 Å². The van der Waals surface area contributed by atoms with Crippen LogP contribution in [0, 0.1) is 0 Å². The second-order valence-electron chi connectivity index (χ2n) is 8.54. The zero-order valence-corrected chi connectivity index (χ0v) is 20.1. The Kier molecular flexibility index (Phi) is 7.81. The van der Waals surface area contributed by atoms with Crippen molar-refractivity contribution < 1.29 is 19.7 Å². The zero-order chi connectivity index (χ0) is 24.1. The highest BCUT2D eigenvalue weighted by molar-refractivity contribution is 7.21. The third-order valence-electron chi connectivity index (χ3n) is 6.03. The van der Waals surface area contributed by atoms with Crippen LogP contribution in [0.25, 0.3) is 10.2 Å². The number of aliphatic hydroxyl groups is 1. The van der Waals surface area contributed by atoms with E-state index in [9.17, 15) is 15.0 Å². The van der Waals surface area contributed by atoms with E-state index in [1.54, 1.807) is 24.5 Å². The van der Waals surface area contributed by atoms with Crippen LogP contribution in [0.5, 0.6) is 5.75 Å². The Morgan fingerprint density at radius 2 is 2.09 bits per heavy atom. The maximum atomic E-state index is 11.6. The lowest BCUT2D eigenvalue weighted by Crippen LogP contribution is -2.45. The number of pyridine rings is 2. The van der Waals surface area contributed by atoms with Crippen LogP contribution < -0.4 is 20.7 Å². The number of piperidine rings is 1. The maximum absolute atomic E-state index is 11.6. The minimum atomic E-state index is -1.01. The summed E-state index contributed by atoms with van der Waals surface area (Å²) in [5.74, 6) is 0.556. The molecule has 10 heteroatoms. The van der Waals surface area contributed by atoms with Crippen LogP contribution in [0.1, 0.15) is 41.4 Å². The first-order chi connectivity index (χ1) is 16.5. The lowest BCUT2D eigenvalue weighted by atomic mass is 10.0. The molecule has 34 heavy (non-hydrogen) atoms. The van der Waals surface area contributed by atoms with Crippen molar-refractivity contribution in [1.29, 1.82) is 0 Å². The fourth-order valence-electron chi connectivity index (χ4n) is 4.27. The van der Waals surface area contributed by atoms with E-state index in [1.807, 2.05) is 0 Å². The zero-order valence-electron chi connectivity index (χ0n) is 19.2. The molecular weight excluding hydrogens is 454 g/mol. The summed E-state index contributed by atoms with van der Waals surface area (Å²) >= 11 is 1.15. The number of hydrogen-bond donors (Lipinski definition) is 4. The van der Waals surface area contributed by atoms with Crippen molar-refractivity contribution in [3.8, 4) is 5.75 Å². The molecule has 1 aliphatic rings. The number of aryl methyl sites for hydroxylation is 1. The van der Waals surface area contributed by atoms with Crippen LogP contribution in [-0.4, -0.2) is 64.5 Å². The van der Waals surface area contributed by atoms with E-state index in [0.29, 0.717) is 28.9 Å². The first kappa shape index (κ1) is 24.2. The number of aromatic nitrogens is 2. The van der Waals surface area contributed by atoms with E-state index in [2.05, 4.69) is 28.2 Å². The van der Waals surface area contributed by atoms with Gasteiger partial charge in [-0.15, -0.1) is 11.3 Å². The molecule has 182 valence electrons. The molecule has 3 aromatic rings. The summed E-state index contributed by atoms with van der Waals surface area (Å²) in [4.78, 5) is 23.4. The number of thiophene rings is 1. The van der Waals surface area contributed by atoms with Crippen molar-refractivity contribution in [2.75, 3.05) is 36.9 Å². The number of fused-ring (bicyclic) bond motifs is 1. The molecule has 9 nitrogen and oxygen atoms in total. The van der Waals surface area contributed by atoms with Gasteiger partial charge in [0.25, 0.3) is 0 Å². The van der Waals surface area contributed by atoms with E-state index in [-0.39, 0.29) is 11.5 Å². The van der Waals surface area contributed by atoms with Crippen LogP contribution in [0.2, 0.25) is 0 Å². The number of nitrogens with one attached hydrogen (secondary N) is 1. The smallest absolute Gasteiger partial charge is 0.348 e. The Balaban J connectivity index is 1.34. The number of carboxylic acid groups (broad SMARTS) is 1. The maximum Gasteiger partial charge on any atom is 0.348 e. The molecule has 0 bridgehead atoms. The van der Waals surface area contributed by atoms with Gasteiger partial charge in [0.1, 0.15) is 34.0 Å². The number of anilines is 2. The van der Waals surface area contributed by atoms with E-state index >= 15 is 0 Å². The predicted octanol–water partition coefficient (Wildman–Crippen LogP) is 2.92. The first-order valence-electron chi connectivity index (χ1n) is 11.6. The highest BCUT2D eigenvalue weighted by Crippen LogP contribution is 2.37. The molecule has 4 rings (SSSR count). The summed E-state index contributed by atoms with van der Waals surface area (Å²) in [5, 5.41) is 23.9. The monoisotopic (exact) mass is 485 g/mol. The highest BCUT2D eigenvalue weighted by Gasteiger charge is 2.24. The second-order valence-corrected chi connectivity index (χ2v) is 9.54. The van der Waals surface area contributed by atoms with Gasteiger partial charge in [0.05, 0.1) is 5.69 Å². The molecular formula is C24H31N5O4S. The lowest BCUT2D eigenvalue weighted by Gasteiger charge is -2.34. The third kappa shape index (κ3) is 5.57. The van der Waals surface area contributed by atoms with Gasteiger partial charge in [0.15, 0.2) is 0 Å². The van der Waals surface area contributed by atoms with Gasteiger partial charge in [0, 0.05) is 43.5 Å². The van der Waals surface area contributed by atoms with Gasteiger partial charge in [-0.3, -0.25) is 4.98 Å². The summed E-state index contributed by atoms with van der Waals surface area (Å²) in [6.45, 7) is 4.45. The van der Waals surface area contributed by atoms with Crippen LogP contribution in [0.4, 0.5) is 11.5 Å². The quantitative estimate of drug-likeness (QED) is 0.342. The number of carboxylic acids is 1. The van der Waals surface area contributed by atoms with E-state index < -0.39 is 12.1 Å². The second kappa shape index (κ2) is 11.0. The molecule has 0 saturated carbocycles. The number of hydrogen-bond acceptors (Lipinski definition) is 9. The molecule has 0 aromatic carbocycles. The van der Waals surface area contributed by atoms with Gasteiger partial charge < -0.3 is 30.9 Å². The van der Waals surface area contributed by atoms with Gasteiger partial charge in [-0.1, -0.05) is 13.3 Å². The summed E-state index contributed by atoms with van der Waals surface area (Å²) in [6.07, 6.45) is 6.33. The van der Waals surface area contributed by atoms with Gasteiger partial charge in [0.2, 0.25) is 0 Å². The highest BCUT2D eigenvalue weighted by atomic mass is 32.1. The van der Waals surface area contributed by atoms with E-state index in [1.165, 1.54) is 0 Å². The molecule has 5 N–H and O–H groups in total. The van der Waals surface area contributed by atoms with Gasteiger partial charge in [-0.25, -0.2) is 9.78 Å². The topological polar surface area (TPSA) is 134 Å². The van der Waals surface area contributed by atoms with Crippen molar-refractivity contribution in [1.82, 2.24) is 15.3 Å². The molecule has 0 radical (unpaired) electrons. The summed E-state index contributed by atoms with van der Waals surface area (Å²) in [6, 6.07) is 5.90. The average Bonchev–Trinajstić information content (AvgIpc) is 3.19. The molecule has 4 heterocycles. The predicted molar refractivity (Wildman–Crippen MR) is 134 cm³/mol. The van der Waals surface area contributed by atoms with Gasteiger partial charge in [-0.2, -0.15) is 0 Å². The first-order valence-corrected chi connectivity index (χ1v) is 12.4. The van der Waals surface area contributed by atoms with Crippen molar-refractivity contribution in [3.05, 3.63) is 41.0 Å². The molecule has 1 fully saturated rings. The Morgan fingerprint density at radius 1 is 1.35 bits per heavy atom. The molecule has 1 unspecified atom stereocenters. The van der Waals surface area contributed by atoms with Crippen LogP contribution in [-0.2, 0) is 6.42 Å². The Bertz CT molecular complexity index is 1120. The SMILES string of the molecule is CCCc1cc(N2CCC(NCC(O)COc3ccncc3)CC2)nc2sc(C(=O)O)c(N)c12. The minimum Gasteiger partial charge on any atom is -0.491 e. The molecule has 1 atom stereocenters. The Morgan fingerprint density at radius 3 is 2.76 bits per heavy atom. The van der Waals surface area contributed by atoms with Crippen LogP contribution in [0.15, 0.2) is 30.6 Å². The Hall–Kier alpha value is -2.95. The molecule has 1 aliphatic heterocycles. The largest absolute Gasteiger partial charge is 0.491 e. The number of carbonyl (C=O) groups is 1. The summed E-state index contributed by atoms with van der Waals surface area (Å²) in [7, 11) is 0. The number of nitrogens with two attached hydrogens (primary N) is 1. The standard InChI is InChI=1S/C24H31N5O4S/c1-2-3-15-12-19(28-23-20(15)21(25)22(34-23)24(31)32)29-10-6-16(7-11-29)27-13-17(30)14-33-18-4-8-26-9-5-18/h4-5,8-9,12,16-17,27,30H,2-3,6-7,10-11,13-14,25H2,1H3,(H,31,32). The number of nitrogen functional groups attached to an aromatic ring is 1. The van der Waals surface area contributed by atoms with Crippen LogP contribution in [0.3, 0.4) is 0 Å². The molecule has 3 aromatic heterocycles. The van der Waals surface area contributed by atoms with E-state index in [4.69, 9.17) is 15.5 Å². The summed E-state index contributed by atoms with van der Waals surface area (Å²) in [5.41, 5.74) is 7.55. The van der Waals surface area contributed by atoms with Crippen molar-refractivity contribution in [3.63, 3.8) is 0 Å². The number of nitrogens with zero attached hydrogens (tertiary/aromatic N) is 3. The van der Waals surface area contributed by atoms with Gasteiger partial charge in [-0.05, 0) is 43.0 Å². The van der Waals surface area contributed by atoms with Crippen molar-refractivity contribution >= 4 is 39.0 Å². The minimum absolute atomic E-state index is 0.159. The average molecular weight is 486 g/mol. The van der Waals surface area contributed by atoms with Crippen LogP contribution >= 0.6 is 11.3 Å². The fourth-order valence-corrected chi connectivity index (χ4v) is 5.25. The van der Waals surface area contributed by atoms with Crippen molar-refractivity contribution in [2.24, 2.45) is 0 Å².